The summed E-state index contributed by atoms with van der Waals surface area (Å²) in [6, 6.07) is 10.9. The minimum atomic E-state index is -0.534. The molecular formula is C15H16ClNO2S. The molecule has 0 saturated carbocycles. The third-order valence-electron chi connectivity index (χ3n) is 2.95. The Bertz CT molecular complexity index is 557. The molecule has 0 fully saturated rings. The quantitative estimate of drug-likeness (QED) is 0.831. The lowest BCUT2D eigenvalue weighted by Gasteiger charge is -2.17. The summed E-state index contributed by atoms with van der Waals surface area (Å²) in [5.41, 5.74) is 0.743. The van der Waals surface area contributed by atoms with Gasteiger partial charge in [-0.3, -0.25) is 0 Å². The van der Waals surface area contributed by atoms with E-state index in [4.69, 9.17) is 16.3 Å². The molecule has 5 heteroatoms. The highest BCUT2D eigenvalue weighted by Crippen LogP contribution is 2.23. The number of carbonyl (C=O) groups is 1. The number of methoxy groups -OCH3 is 1. The number of hydrogen-bond donors (Lipinski definition) is 1. The zero-order valence-corrected chi connectivity index (χ0v) is 12.7. The fourth-order valence-electron chi connectivity index (χ4n) is 1.94. The van der Waals surface area contributed by atoms with E-state index in [1.165, 1.54) is 12.0 Å². The highest BCUT2D eigenvalue weighted by Gasteiger charge is 2.22. The molecule has 0 bridgehead atoms. The maximum absolute atomic E-state index is 11.9. The van der Waals surface area contributed by atoms with Gasteiger partial charge >= 0.3 is 5.97 Å². The molecule has 0 spiro atoms. The van der Waals surface area contributed by atoms with Crippen LogP contribution in [-0.2, 0) is 16.0 Å². The van der Waals surface area contributed by atoms with Crippen molar-refractivity contribution < 1.29 is 9.53 Å². The zero-order valence-electron chi connectivity index (χ0n) is 11.1. The number of hydrogen-bond acceptors (Lipinski definition) is 4. The summed E-state index contributed by atoms with van der Waals surface area (Å²) < 4.78 is 4.85. The number of halogens is 1. The van der Waals surface area contributed by atoms with Crippen molar-refractivity contribution >= 4 is 28.9 Å². The summed E-state index contributed by atoms with van der Waals surface area (Å²) in [6.45, 7) is 0.686. The number of nitrogens with one attached hydrogen (secondary N) is 1. The molecule has 0 aliphatic carbocycles. The molecule has 0 amide bonds. The van der Waals surface area contributed by atoms with E-state index in [9.17, 15) is 4.79 Å². The normalized spacial score (nSPS) is 12.1. The van der Waals surface area contributed by atoms with Gasteiger partial charge in [-0.05, 0) is 29.5 Å². The van der Waals surface area contributed by atoms with Crippen LogP contribution in [0, 0.1) is 0 Å². The molecule has 3 nitrogen and oxygen atoms in total. The largest absolute Gasteiger partial charge is 0.468 e. The van der Waals surface area contributed by atoms with Gasteiger partial charge in [-0.1, -0.05) is 35.9 Å². The van der Waals surface area contributed by atoms with Crippen molar-refractivity contribution in [3.05, 3.63) is 57.2 Å². The molecule has 1 atom stereocenters. The highest BCUT2D eigenvalue weighted by atomic mass is 35.5. The first-order valence-electron chi connectivity index (χ1n) is 6.30. The number of benzene rings is 1. The molecule has 20 heavy (non-hydrogen) atoms. The Hall–Kier alpha value is -1.36. The van der Waals surface area contributed by atoms with Crippen LogP contribution in [0.1, 0.15) is 16.5 Å². The van der Waals surface area contributed by atoms with E-state index in [2.05, 4.69) is 11.4 Å². The van der Waals surface area contributed by atoms with Gasteiger partial charge in [0.15, 0.2) is 0 Å². The summed E-state index contributed by atoms with van der Waals surface area (Å²) in [4.78, 5) is 13.2. The lowest BCUT2D eigenvalue weighted by molar-refractivity contribution is -0.143. The molecule has 0 saturated heterocycles. The first-order chi connectivity index (χ1) is 9.72. The Labute approximate surface area is 127 Å². The van der Waals surface area contributed by atoms with Crippen molar-refractivity contribution in [1.29, 1.82) is 0 Å². The molecule has 0 aliphatic heterocycles. The predicted octanol–water partition coefficient (Wildman–Crippen LogP) is 3.45. The number of ether oxygens (including phenoxy) is 1. The van der Waals surface area contributed by atoms with Gasteiger partial charge < -0.3 is 10.1 Å². The Balaban J connectivity index is 2.04. The Morgan fingerprint density at radius 1 is 1.35 bits per heavy atom. The summed E-state index contributed by atoms with van der Waals surface area (Å²) in [5, 5.41) is 5.82. The molecule has 1 aromatic carbocycles. The zero-order chi connectivity index (χ0) is 14.4. The van der Waals surface area contributed by atoms with Crippen LogP contribution in [0.15, 0.2) is 41.8 Å². The van der Waals surface area contributed by atoms with Crippen LogP contribution >= 0.6 is 22.9 Å². The van der Waals surface area contributed by atoms with E-state index in [1.807, 2.05) is 29.6 Å². The van der Waals surface area contributed by atoms with Crippen LogP contribution in [0.2, 0.25) is 5.02 Å². The summed E-state index contributed by atoms with van der Waals surface area (Å²) in [5.74, 6) is -0.329. The van der Waals surface area contributed by atoms with Gasteiger partial charge in [0.2, 0.25) is 0 Å². The first-order valence-corrected chi connectivity index (χ1v) is 7.56. The number of esters is 1. The van der Waals surface area contributed by atoms with Gasteiger partial charge in [-0.25, -0.2) is 4.79 Å². The summed E-state index contributed by atoms with van der Waals surface area (Å²) in [7, 11) is 1.38. The Kier molecular flexibility index (Phi) is 5.59. The average molecular weight is 310 g/mol. The molecule has 2 aromatic rings. The maximum Gasteiger partial charge on any atom is 0.327 e. The van der Waals surface area contributed by atoms with Gasteiger partial charge in [0.05, 0.1) is 7.11 Å². The molecule has 106 valence electrons. The van der Waals surface area contributed by atoms with Crippen molar-refractivity contribution in [1.82, 2.24) is 5.32 Å². The molecule has 2 rings (SSSR count). The van der Waals surface area contributed by atoms with Crippen LogP contribution in [0.4, 0.5) is 0 Å². The van der Waals surface area contributed by atoms with Crippen LogP contribution < -0.4 is 5.32 Å². The van der Waals surface area contributed by atoms with E-state index in [-0.39, 0.29) is 5.97 Å². The molecular weight excluding hydrogens is 294 g/mol. The maximum atomic E-state index is 11.9. The van der Waals surface area contributed by atoms with Crippen molar-refractivity contribution in [2.45, 2.75) is 12.5 Å². The first kappa shape index (κ1) is 15.0. The van der Waals surface area contributed by atoms with E-state index >= 15 is 0 Å². The molecule has 1 N–H and O–H groups in total. The Morgan fingerprint density at radius 2 is 2.15 bits per heavy atom. The topological polar surface area (TPSA) is 38.3 Å². The van der Waals surface area contributed by atoms with Crippen molar-refractivity contribution in [2.24, 2.45) is 0 Å². The number of carbonyl (C=O) groups excluding carboxylic acids is 1. The second-order valence-corrected chi connectivity index (χ2v) is 5.70. The summed E-state index contributed by atoms with van der Waals surface area (Å²) in [6.07, 6.45) is 0.871. The van der Waals surface area contributed by atoms with Crippen molar-refractivity contribution in [2.75, 3.05) is 13.7 Å². The Morgan fingerprint density at radius 3 is 2.80 bits per heavy atom. The SMILES string of the molecule is COC(=O)C(NCCc1cccs1)c1ccccc1Cl. The predicted molar refractivity (Wildman–Crippen MR) is 82.2 cm³/mol. The van der Waals surface area contributed by atoms with Crippen LogP contribution in [0.3, 0.4) is 0 Å². The van der Waals surface area contributed by atoms with Crippen LogP contribution in [0.25, 0.3) is 0 Å². The number of thiophene rings is 1. The van der Waals surface area contributed by atoms with E-state index in [0.717, 1.165) is 12.0 Å². The van der Waals surface area contributed by atoms with Crippen molar-refractivity contribution in [3.8, 4) is 0 Å². The van der Waals surface area contributed by atoms with Gasteiger partial charge in [0.25, 0.3) is 0 Å². The number of rotatable bonds is 6. The van der Waals surface area contributed by atoms with E-state index < -0.39 is 6.04 Å². The second kappa shape index (κ2) is 7.43. The molecule has 1 heterocycles. The second-order valence-electron chi connectivity index (χ2n) is 4.26. The average Bonchev–Trinajstić information content (AvgIpc) is 2.97. The van der Waals surface area contributed by atoms with E-state index in [1.54, 1.807) is 17.4 Å². The monoisotopic (exact) mass is 309 g/mol. The van der Waals surface area contributed by atoms with Gasteiger partial charge in [0, 0.05) is 16.4 Å². The molecule has 0 aliphatic rings. The molecule has 1 unspecified atom stereocenters. The molecule has 0 radical (unpaired) electrons. The fourth-order valence-corrected chi connectivity index (χ4v) is 2.90. The third kappa shape index (κ3) is 3.82. The fraction of sp³-hybridized carbons (Fsp3) is 0.267. The highest BCUT2D eigenvalue weighted by molar-refractivity contribution is 7.09. The van der Waals surface area contributed by atoms with E-state index in [0.29, 0.717) is 11.6 Å². The standard InChI is InChI=1S/C15H16ClNO2S/c1-19-15(18)14(12-6-2-3-7-13(12)16)17-9-8-11-5-4-10-20-11/h2-7,10,14,17H,8-9H2,1H3. The summed E-state index contributed by atoms with van der Waals surface area (Å²) >= 11 is 7.86. The van der Waals surface area contributed by atoms with Gasteiger partial charge in [-0.2, -0.15) is 0 Å². The third-order valence-corrected chi connectivity index (χ3v) is 4.23. The smallest absolute Gasteiger partial charge is 0.327 e. The minimum Gasteiger partial charge on any atom is -0.468 e. The van der Waals surface area contributed by atoms with Gasteiger partial charge in [0.1, 0.15) is 6.04 Å². The lowest BCUT2D eigenvalue weighted by atomic mass is 10.1. The van der Waals surface area contributed by atoms with Crippen molar-refractivity contribution in [3.63, 3.8) is 0 Å². The molecule has 1 aromatic heterocycles. The lowest BCUT2D eigenvalue weighted by Crippen LogP contribution is -2.31. The van der Waals surface area contributed by atoms with Gasteiger partial charge in [-0.15, -0.1) is 11.3 Å². The van der Waals surface area contributed by atoms with Crippen LogP contribution in [0.5, 0.6) is 0 Å². The minimum absolute atomic E-state index is 0.329. The van der Waals surface area contributed by atoms with Crippen LogP contribution in [-0.4, -0.2) is 19.6 Å².